The van der Waals surface area contributed by atoms with Crippen molar-refractivity contribution in [3.8, 4) is 11.3 Å². The zero-order chi connectivity index (χ0) is 22.5. The van der Waals surface area contributed by atoms with Crippen LogP contribution in [0.15, 0.2) is 46.9 Å². The fraction of sp³-hybridized carbons (Fsp3) is 0.444. The van der Waals surface area contributed by atoms with Crippen molar-refractivity contribution in [2.45, 2.75) is 57.9 Å². The molecule has 5 rings (SSSR count). The van der Waals surface area contributed by atoms with Gasteiger partial charge in [-0.1, -0.05) is 44.7 Å². The number of hydrogen-bond donors (Lipinski definition) is 1. The summed E-state index contributed by atoms with van der Waals surface area (Å²) in [7, 11) is 0. The van der Waals surface area contributed by atoms with Crippen LogP contribution in [0.1, 0.15) is 62.5 Å². The van der Waals surface area contributed by atoms with Crippen molar-refractivity contribution in [3.05, 3.63) is 59.4 Å². The Morgan fingerprint density at radius 1 is 1.09 bits per heavy atom. The van der Waals surface area contributed by atoms with Crippen LogP contribution in [0.2, 0.25) is 0 Å². The van der Waals surface area contributed by atoms with Gasteiger partial charge in [0.2, 0.25) is 0 Å². The second-order valence-electron chi connectivity index (χ2n) is 9.13. The van der Waals surface area contributed by atoms with Gasteiger partial charge in [-0.25, -0.2) is 4.39 Å². The van der Waals surface area contributed by atoms with E-state index in [1.165, 1.54) is 44.1 Å². The van der Waals surface area contributed by atoms with Crippen LogP contribution < -0.4 is 0 Å². The van der Waals surface area contributed by atoms with E-state index in [1.54, 1.807) is 6.07 Å². The van der Waals surface area contributed by atoms with Gasteiger partial charge in [0.15, 0.2) is 0 Å². The molecule has 2 aliphatic rings. The van der Waals surface area contributed by atoms with Gasteiger partial charge in [-0.2, -0.15) is 0 Å². The molecule has 1 aliphatic heterocycles. The lowest BCUT2D eigenvalue weighted by Crippen LogP contribution is -2.45. The maximum Gasteiger partial charge on any atom is 0.290 e. The van der Waals surface area contributed by atoms with Crippen molar-refractivity contribution in [2.75, 3.05) is 13.1 Å². The molecule has 5 heteroatoms. The van der Waals surface area contributed by atoms with Crippen LogP contribution in [0.5, 0.6) is 0 Å². The summed E-state index contributed by atoms with van der Waals surface area (Å²) in [6, 6.07) is 14.1. The summed E-state index contributed by atoms with van der Waals surface area (Å²) in [5, 5.41) is 7.97. The molecule has 0 atom stereocenters. The van der Waals surface area contributed by atoms with Gasteiger partial charge in [-0.3, -0.25) is 9.69 Å². The monoisotopic (exact) mass is 437 g/mol. The highest BCUT2D eigenvalue weighted by Gasteiger charge is 2.25. The molecule has 0 spiro atoms. The van der Waals surface area contributed by atoms with Gasteiger partial charge in [-0.05, 0) is 66.1 Å². The molecule has 0 unspecified atom stereocenters. The van der Waals surface area contributed by atoms with E-state index in [9.17, 15) is 4.39 Å². The van der Waals surface area contributed by atoms with Crippen LogP contribution in [0.4, 0.5) is 4.39 Å². The molecule has 1 saturated carbocycles. The van der Waals surface area contributed by atoms with E-state index in [4.69, 9.17) is 14.3 Å². The minimum absolute atomic E-state index is 0.193. The maximum atomic E-state index is 14.9. The second-order valence-corrected chi connectivity index (χ2v) is 9.13. The number of rotatable bonds is 5. The van der Waals surface area contributed by atoms with E-state index in [0.717, 1.165) is 42.1 Å². The molecule has 4 nitrogen and oxygen atoms in total. The summed E-state index contributed by atoms with van der Waals surface area (Å²) in [6.07, 6.45) is 7.81. The number of halogens is 1. The zero-order valence-electron chi connectivity index (χ0n) is 18.7. The Morgan fingerprint density at radius 2 is 1.84 bits per heavy atom. The summed E-state index contributed by atoms with van der Waals surface area (Å²) in [6.45, 7) is 5.08. The third-order valence-corrected chi connectivity index (χ3v) is 6.93. The Labute approximate surface area is 189 Å². The summed E-state index contributed by atoms with van der Waals surface area (Å²) in [5.41, 5.74) is 3.84. The first-order valence-electron chi connectivity index (χ1n) is 11.7. The molecular formula is C27H32FNO3. The summed E-state index contributed by atoms with van der Waals surface area (Å²) < 4.78 is 20.9. The Morgan fingerprint density at radius 3 is 2.53 bits per heavy atom. The Balaban J connectivity index is 0.000000775. The molecule has 32 heavy (non-hydrogen) atoms. The lowest BCUT2D eigenvalue weighted by Gasteiger charge is -2.38. The average Bonchev–Trinajstić information content (AvgIpc) is 3.20. The number of carbonyl (C=O) groups is 1. The number of nitrogens with zero attached hydrogens (tertiary/aromatic N) is 1. The first-order valence-corrected chi connectivity index (χ1v) is 11.7. The number of furan rings is 1. The van der Waals surface area contributed by atoms with Crippen molar-refractivity contribution in [1.82, 2.24) is 4.90 Å². The quantitative estimate of drug-likeness (QED) is 0.445. The van der Waals surface area contributed by atoms with E-state index in [1.807, 2.05) is 18.2 Å². The van der Waals surface area contributed by atoms with Crippen LogP contribution in [-0.4, -0.2) is 29.6 Å². The van der Waals surface area contributed by atoms with Crippen molar-refractivity contribution in [3.63, 3.8) is 0 Å². The first-order chi connectivity index (χ1) is 15.6. The summed E-state index contributed by atoms with van der Waals surface area (Å²) >= 11 is 0. The van der Waals surface area contributed by atoms with E-state index >= 15 is 0 Å². The third-order valence-electron chi connectivity index (χ3n) is 6.93. The molecular weight excluding hydrogens is 405 g/mol. The highest BCUT2D eigenvalue weighted by atomic mass is 19.1. The van der Waals surface area contributed by atoms with Crippen LogP contribution >= 0.6 is 0 Å². The van der Waals surface area contributed by atoms with Gasteiger partial charge >= 0.3 is 0 Å². The maximum absolute atomic E-state index is 14.9. The van der Waals surface area contributed by atoms with E-state index in [-0.39, 0.29) is 12.3 Å². The van der Waals surface area contributed by atoms with Gasteiger partial charge in [0.1, 0.15) is 17.2 Å². The fourth-order valence-corrected chi connectivity index (χ4v) is 5.06. The van der Waals surface area contributed by atoms with E-state index < -0.39 is 0 Å². The Bertz CT molecular complexity index is 1050. The highest BCUT2D eigenvalue weighted by Crippen LogP contribution is 2.36. The molecule has 0 radical (unpaired) electrons. The first kappa shape index (κ1) is 22.5. The molecule has 1 saturated heterocycles. The molecule has 170 valence electrons. The number of hydrogen-bond acceptors (Lipinski definition) is 3. The van der Waals surface area contributed by atoms with Crippen molar-refractivity contribution >= 4 is 17.4 Å². The summed E-state index contributed by atoms with van der Waals surface area (Å²) in [5.74, 6) is 1.91. The molecule has 1 aromatic heterocycles. The van der Waals surface area contributed by atoms with Gasteiger partial charge in [0.25, 0.3) is 6.47 Å². The topological polar surface area (TPSA) is 53.7 Å². The van der Waals surface area contributed by atoms with Gasteiger partial charge < -0.3 is 9.52 Å². The van der Waals surface area contributed by atoms with E-state index in [2.05, 4.69) is 30.0 Å². The van der Waals surface area contributed by atoms with Crippen molar-refractivity contribution in [1.29, 1.82) is 0 Å². The van der Waals surface area contributed by atoms with Crippen LogP contribution in [0.3, 0.4) is 0 Å². The molecule has 1 aliphatic carbocycles. The Kier molecular flexibility index (Phi) is 7.26. The highest BCUT2D eigenvalue weighted by molar-refractivity contribution is 5.83. The largest absolute Gasteiger partial charge is 0.483 e. The average molecular weight is 438 g/mol. The number of likely N-dealkylation sites (tertiary alicyclic amines) is 1. The van der Waals surface area contributed by atoms with Gasteiger partial charge in [-0.15, -0.1) is 0 Å². The molecule has 1 N–H and O–H groups in total. The molecule has 2 heterocycles. The van der Waals surface area contributed by atoms with Crippen molar-refractivity contribution < 1.29 is 18.7 Å². The van der Waals surface area contributed by atoms with Crippen LogP contribution in [-0.2, 0) is 11.3 Å². The smallest absolute Gasteiger partial charge is 0.290 e. The normalized spacial score (nSPS) is 17.6. The van der Waals surface area contributed by atoms with Crippen LogP contribution in [0.25, 0.3) is 22.3 Å². The lowest BCUT2D eigenvalue weighted by molar-refractivity contribution is -0.122. The molecule has 0 amide bonds. The standard InChI is InChI=1S/C26H30FNO.CH2O2/c1-2-18-15-28(16-18)17-19-8-10-23(24(27)12-19)26-14-22-13-21(9-11-25(22)29-26)20-6-4-3-5-7-20;2-1-3/h8-14,18,20H,2-7,15-17H2,1H3;1H,(H,2,3). The predicted molar refractivity (Wildman–Crippen MR) is 125 cm³/mol. The van der Waals surface area contributed by atoms with Crippen molar-refractivity contribution in [2.24, 2.45) is 5.92 Å². The van der Waals surface area contributed by atoms with Crippen LogP contribution in [0, 0.1) is 11.7 Å². The summed E-state index contributed by atoms with van der Waals surface area (Å²) in [4.78, 5) is 10.7. The third kappa shape index (κ3) is 5.04. The molecule has 3 aromatic rings. The number of carboxylic acid groups (broad SMARTS) is 1. The fourth-order valence-electron chi connectivity index (χ4n) is 5.06. The molecule has 2 aromatic carbocycles. The number of benzene rings is 2. The lowest BCUT2D eigenvalue weighted by atomic mass is 9.84. The minimum atomic E-state index is -0.250. The number of fused-ring (bicyclic) bond motifs is 1. The SMILES string of the molecule is CCC1CN(Cc2ccc(-c3cc4cc(C5CCCCC5)ccc4o3)c(F)c2)C1.O=CO. The predicted octanol–water partition coefficient (Wildman–Crippen LogP) is 6.83. The molecule has 2 fully saturated rings. The second kappa shape index (κ2) is 10.3. The minimum Gasteiger partial charge on any atom is -0.483 e. The van der Waals surface area contributed by atoms with E-state index in [0.29, 0.717) is 17.2 Å². The Hall–Kier alpha value is -2.66. The zero-order valence-corrected chi connectivity index (χ0v) is 18.7. The van der Waals surface area contributed by atoms with Gasteiger partial charge in [0.05, 0.1) is 5.56 Å². The molecule has 0 bridgehead atoms. The van der Waals surface area contributed by atoms with Gasteiger partial charge in [0, 0.05) is 25.0 Å².